The van der Waals surface area contributed by atoms with Gasteiger partial charge in [-0.15, -0.1) is 0 Å². The number of rotatable bonds is 5. The van der Waals surface area contributed by atoms with E-state index < -0.39 is 5.41 Å². The van der Waals surface area contributed by atoms with Crippen LogP contribution in [-0.4, -0.2) is 19.0 Å². The molecule has 0 radical (unpaired) electrons. The zero-order valence-corrected chi connectivity index (χ0v) is 16.1. The zero-order valence-electron chi connectivity index (χ0n) is 15.3. The van der Waals surface area contributed by atoms with Gasteiger partial charge in [0.1, 0.15) is 5.41 Å². The van der Waals surface area contributed by atoms with E-state index in [9.17, 15) is 10.1 Å². The van der Waals surface area contributed by atoms with Crippen molar-refractivity contribution in [1.82, 2.24) is 5.32 Å². The lowest BCUT2D eigenvalue weighted by molar-refractivity contribution is -0.127. The zero-order chi connectivity index (χ0) is 18.7. The summed E-state index contributed by atoms with van der Waals surface area (Å²) in [5, 5.41) is 12.5. The summed E-state index contributed by atoms with van der Waals surface area (Å²) in [6.07, 6.45) is 4.17. The molecule has 0 aromatic heterocycles. The van der Waals surface area contributed by atoms with E-state index in [1.54, 1.807) is 11.8 Å². The van der Waals surface area contributed by atoms with E-state index in [0.717, 1.165) is 25.8 Å². The fourth-order valence-electron chi connectivity index (χ4n) is 4.00. The van der Waals surface area contributed by atoms with Gasteiger partial charge in [-0.3, -0.25) is 4.79 Å². The molecule has 1 heterocycles. The van der Waals surface area contributed by atoms with Gasteiger partial charge in [-0.2, -0.15) is 5.26 Å². The Kier molecular flexibility index (Phi) is 5.09. The number of para-hydroxylation sites is 2. The molecule has 2 aliphatic rings. The summed E-state index contributed by atoms with van der Waals surface area (Å²) in [4.78, 5) is 17.3. The fraction of sp³-hybridized carbons (Fsp3) is 0.364. The Hall–Kier alpha value is -2.45. The molecule has 1 saturated carbocycles. The number of anilines is 2. The largest absolute Gasteiger partial charge is 0.355 e. The number of carbonyl (C=O) groups is 1. The second-order valence-corrected chi connectivity index (χ2v) is 8.28. The summed E-state index contributed by atoms with van der Waals surface area (Å²) in [5.74, 6) is -0.0856. The van der Waals surface area contributed by atoms with Crippen molar-refractivity contribution < 1.29 is 4.79 Å². The highest BCUT2D eigenvalue weighted by Crippen LogP contribution is 2.47. The Morgan fingerprint density at radius 3 is 2.26 bits per heavy atom. The number of nitrogens with one attached hydrogen (secondary N) is 1. The number of carbonyl (C=O) groups excluding carboxylic acids is 1. The van der Waals surface area contributed by atoms with E-state index in [-0.39, 0.29) is 5.91 Å². The van der Waals surface area contributed by atoms with E-state index in [4.69, 9.17) is 0 Å². The maximum atomic E-state index is 12.5. The predicted octanol–water partition coefficient (Wildman–Crippen LogP) is 4.88. The number of hydrogen-bond donors (Lipinski definition) is 1. The lowest BCUT2D eigenvalue weighted by Crippen LogP contribution is -2.39. The van der Waals surface area contributed by atoms with Gasteiger partial charge < -0.3 is 10.2 Å². The van der Waals surface area contributed by atoms with Gasteiger partial charge in [0.25, 0.3) is 0 Å². The van der Waals surface area contributed by atoms with Crippen molar-refractivity contribution in [2.45, 2.75) is 41.9 Å². The van der Waals surface area contributed by atoms with Crippen LogP contribution in [0, 0.1) is 16.7 Å². The molecule has 1 amide bonds. The van der Waals surface area contributed by atoms with Crippen molar-refractivity contribution in [2.75, 3.05) is 18.0 Å². The molecule has 4 nitrogen and oxygen atoms in total. The van der Waals surface area contributed by atoms with Gasteiger partial charge in [-0.25, -0.2) is 0 Å². The molecule has 138 valence electrons. The van der Waals surface area contributed by atoms with Gasteiger partial charge in [-0.1, -0.05) is 48.9 Å². The van der Waals surface area contributed by atoms with Crippen LogP contribution in [0.1, 0.15) is 32.1 Å². The quantitative estimate of drug-likeness (QED) is 0.755. The third-order valence-corrected chi connectivity index (χ3v) is 6.61. The van der Waals surface area contributed by atoms with Crippen molar-refractivity contribution >= 4 is 29.0 Å². The first-order valence-corrected chi connectivity index (χ1v) is 10.4. The van der Waals surface area contributed by atoms with Crippen LogP contribution < -0.4 is 10.2 Å². The molecule has 27 heavy (non-hydrogen) atoms. The van der Waals surface area contributed by atoms with Gasteiger partial charge >= 0.3 is 0 Å². The Morgan fingerprint density at radius 1 is 1.07 bits per heavy atom. The smallest absolute Gasteiger partial charge is 0.240 e. The monoisotopic (exact) mass is 377 g/mol. The van der Waals surface area contributed by atoms with Crippen molar-refractivity contribution in [3.63, 3.8) is 0 Å². The Balaban J connectivity index is 1.42. The Bertz CT molecular complexity index is 838. The molecular weight excluding hydrogens is 354 g/mol. The SMILES string of the molecule is N#CC1(C(=O)NCCCN2c3ccccc3Sc3ccccc32)CCCC1. The Labute approximate surface area is 164 Å². The molecule has 0 bridgehead atoms. The van der Waals surface area contributed by atoms with Crippen molar-refractivity contribution in [1.29, 1.82) is 5.26 Å². The minimum atomic E-state index is -0.791. The van der Waals surface area contributed by atoms with Gasteiger partial charge in [-0.05, 0) is 43.5 Å². The highest BCUT2D eigenvalue weighted by Gasteiger charge is 2.41. The first-order chi connectivity index (χ1) is 13.2. The molecule has 1 aliphatic heterocycles. The molecule has 0 atom stereocenters. The third-order valence-electron chi connectivity index (χ3n) is 5.48. The van der Waals surface area contributed by atoms with Crippen molar-refractivity contribution in [3.8, 4) is 6.07 Å². The number of amides is 1. The molecule has 2 aromatic carbocycles. The van der Waals surface area contributed by atoms with Crippen LogP contribution in [0.5, 0.6) is 0 Å². The normalized spacial score (nSPS) is 16.9. The second kappa shape index (κ2) is 7.66. The van der Waals surface area contributed by atoms with Crippen LogP contribution in [0.15, 0.2) is 58.3 Å². The molecule has 5 heteroatoms. The van der Waals surface area contributed by atoms with Gasteiger partial charge in [0.2, 0.25) is 5.91 Å². The molecule has 1 aliphatic carbocycles. The highest BCUT2D eigenvalue weighted by atomic mass is 32.2. The summed E-state index contributed by atoms with van der Waals surface area (Å²) in [5.41, 5.74) is 1.65. The fourth-order valence-corrected chi connectivity index (χ4v) is 5.09. The number of benzene rings is 2. The summed E-state index contributed by atoms with van der Waals surface area (Å²) >= 11 is 1.80. The van der Waals surface area contributed by atoms with Crippen LogP contribution in [0.3, 0.4) is 0 Å². The third kappa shape index (κ3) is 3.42. The lowest BCUT2D eigenvalue weighted by atomic mass is 9.87. The van der Waals surface area contributed by atoms with Crippen LogP contribution in [0.4, 0.5) is 11.4 Å². The molecule has 1 fully saturated rings. The van der Waals surface area contributed by atoms with Crippen LogP contribution >= 0.6 is 11.8 Å². The molecule has 0 saturated heterocycles. The summed E-state index contributed by atoms with van der Waals surface area (Å²) in [6, 6.07) is 19.2. The Morgan fingerprint density at radius 2 is 1.67 bits per heavy atom. The van der Waals surface area contributed by atoms with E-state index in [0.29, 0.717) is 19.4 Å². The highest BCUT2D eigenvalue weighted by molar-refractivity contribution is 7.99. The minimum Gasteiger partial charge on any atom is -0.355 e. The topological polar surface area (TPSA) is 56.1 Å². The van der Waals surface area contributed by atoms with Gasteiger partial charge in [0.15, 0.2) is 0 Å². The molecule has 1 N–H and O–H groups in total. The van der Waals surface area contributed by atoms with Crippen LogP contribution in [0.25, 0.3) is 0 Å². The molecule has 4 rings (SSSR count). The summed E-state index contributed by atoms with van der Waals surface area (Å²) in [7, 11) is 0. The average Bonchev–Trinajstić information content (AvgIpc) is 3.20. The lowest BCUT2D eigenvalue weighted by Gasteiger charge is -2.32. The number of hydrogen-bond acceptors (Lipinski definition) is 4. The minimum absolute atomic E-state index is 0.0856. The molecule has 0 unspecified atom stereocenters. The molecular formula is C22H23N3OS. The summed E-state index contributed by atoms with van der Waals surface area (Å²) < 4.78 is 0. The van der Waals surface area contributed by atoms with E-state index in [2.05, 4.69) is 64.8 Å². The molecule has 0 spiro atoms. The van der Waals surface area contributed by atoms with Crippen LogP contribution in [-0.2, 0) is 4.79 Å². The van der Waals surface area contributed by atoms with Crippen molar-refractivity contribution in [3.05, 3.63) is 48.5 Å². The number of nitrogens with zero attached hydrogens (tertiary/aromatic N) is 2. The van der Waals surface area contributed by atoms with E-state index in [1.165, 1.54) is 21.2 Å². The maximum absolute atomic E-state index is 12.5. The standard InChI is InChI=1S/C22H23N3OS/c23-16-22(12-5-6-13-22)21(26)24-14-7-15-25-17-8-1-3-10-19(17)27-20-11-4-2-9-18(20)25/h1-4,8-11H,5-7,12-15H2,(H,24,26). The van der Waals surface area contributed by atoms with E-state index in [1.807, 2.05) is 0 Å². The number of fused-ring (bicyclic) bond motifs is 2. The second-order valence-electron chi connectivity index (χ2n) is 7.20. The number of nitriles is 1. The predicted molar refractivity (Wildman–Crippen MR) is 108 cm³/mol. The first kappa shape index (κ1) is 17.9. The first-order valence-electron chi connectivity index (χ1n) is 9.56. The van der Waals surface area contributed by atoms with Crippen molar-refractivity contribution in [2.24, 2.45) is 5.41 Å². The van der Waals surface area contributed by atoms with Gasteiger partial charge in [0, 0.05) is 22.9 Å². The van der Waals surface area contributed by atoms with Gasteiger partial charge in [0.05, 0.1) is 17.4 Å². The van der Waals surface area contributed by atoms with E-state index >= 15 is 0 Å². The summed E-state index contributed by atoms with van der Waals surface area (Å²) in [6.45, 7) is 1.42. The van der Waals surface area contributed by atoms with Crippen LogP contribution in [0.2, 0.25) is 0 Å². The average molecular weight is 378 g/mol. The maximum Gasteiger partial charge on any atom is 0.240 e. The molecule has 2 aromatic rings.